The number of nitrogens with zero attached hydrogens (tertiary/aromatic N) is 13. The molecule has 0 amide bonds. The van der Waals surface area contributed by atoms with Gasteiger partial charge in [0.1, 0.15) is 47.1 Å². The van der Waals surface area contributed by atoms with E-state index < -0.39 is 0 Å². The van der Waals surface area contributed by atoms with Crippen LogP contribution in [-0.2, 0) is 51.2 Å². The molecule has 0 radical (unpaired) electrons. The second-order valence-corrected chi connectivity index (χ2v) is 32.9. The van der Waals surface area contributed by atoms with Crippen molar-refractivity contribution in [1.82, 2.24) is 25.0 Å². The van der Waals surface area contributed by atoms with Crippen LogP contribution in [0, 0.1) is 13.8 Å². The fourth-order valence-corrected chi connectivity index (χ4v) is 10.9. The Morgan fingerprint density at radius 3 is 1.48 bits per heavy atom. The molecule has 0 atom stereocenters. The van der Waals surface area contributed by atoms with Gasteiger partial charge in [-0.2, -0.15) is 13.7 Å². The number of hydrogen-bond acceptors (Lipinski definition) is 7. The van der Waals surface area contributed by atoms with Crippen LogP contribution in [-0.4, -0.2) is 25.0 Å². The lowest BCUT2D eigenvalue weighted by Gasteiger charge is -2.16. The van der Waals surface area contributed by atoms with E-state index in [1.54, 1.807) is 35.1 Å². The van der Waals surface area contributed by atoms with Crippen LogP contribution in [0.25, 0.3) is 38.5 Å². The van der Waals surface area contributed by atoms with Crippen molar-refractivity contribution in [2.45, 2.75) is 224 Å². The Morgan fingerprint density at radius 2 is 1.03 bits per heavy atom. The van der Waals surface area contributed by atoms with Gasteiger partial charge in [-0.05, 0) is 103 Å². The van der Waals surface area contributed by atoms with Gasteiger partial charge in [-0.15, -0.1) is 3.96 Å². The molecule has 0 N–H and O–H groups in total. The fourth-order valence-electron chi connectivity index (χ4n) is 10.1. The van der Waals surface area contributed by atoms with E-state index in [0.29, 0.717) is 0 Å². The van der Waals surface area contributed by atoms with Crippen LogP contribution in [0.4, 0.5) is 0 Å². The van der Waals surface area contributed by atoms with Crippen molar-refractivity contribution in [3.8, 4) is 5.69 Å². The van der Waals surface area contributed by atoms with Crippen molar-refractivity contribution >= 4 is 44.4 Å². The van der Waals surface area contributed by atoms with Gasteiger partial charge in [0.05, 0.1) is 28.9 Å². The van der Waals surface area contributed by atoms with Gasteiger partial charge in [0.25, 0.3) is 12.7 Å². The fraction of sp³-hybridized carbons (Fsp3) is 0.432. The average molecular weight is 1340 g/mol. The molecule has 4 aromatic carbocycles. The van der Waals surface area contributed by atoms with Gasteiger partial charge < -0.3 is 0 Å². The largest absolute Gasteiger partial charge is 0.297 e. The van der Waals surface area contributed by atoms with E-state index in [2.05, 4.69) is 325 Å². The molecular weight excluding hydrogens is 1220 g/mol. The molecule has 12 aromatic rings. The molecule has 0 saturated carbocycles. The van der Waals surface area contributed by atoms with E-state index in [1.807, 2.05) is 119 Å². The molecule has 12 rings (SSSR count). The SMILES string of the molecule is CC(C)(C)[n+]1cccc2ccccc21.CC(C)(C)[n+]1cccnc1.CC(C)(C)[n+]1ccco1.CC(C)(C)[n+]1cccs1.CC(C)(C)[n+]1ccnc2ccccc21.CC(C)(C)[n+]1ncnn1-c1ccccc1.C[n+]1c(C(C)(C)C)ccc2ccccc21.Cc1cc(C)[n+](C(C)(C)C)o1. The Labute approximate surface area is 585 Å². The standard InChI is InChI=1S/C14H18N.C13H16N.C12H15N2.C11H15N4.C9H16NO.C8H13N2.C7H12NO.C7H12NS/c1-14(2,3)13-10-9-11-7-5-6-8-12(11)15(13)4;1-13(2,3)14-10-6-8-11-7-4-5-9-12(11)14;1-12(2,3)14-9-8-13-10-6-4-5-7-11(10)14;1-11(2,3)15-13-9-12-14(15)10-7-5-4-6-8-10;1-7-6-8(2)11-10(7)9(3,4)5;1-8(2,3)10-6-4-5-9-7-10;2*1-7(2,3)8-5-4-6-9-8/h5-10H,1-4H3;4-10H,1-3H3;4-9H,1-3H3;4-9H,1-3H3;6H,1-5H3;4-7H,1-3H3;2*4-6H,1-3H3/q8*+1. The van der Waals surface area contributed by atoms with E-state index in [1.165, 1.54) is 38.7 Å². The van der Waals surface area contributed by atoms with Gasteiger partial charge in [0.15, 0.2) is 52.9 Å². The Balaban J connectivity index is 0.000000202. The van der Waals surface area contributed by atoms with Crippen molar-refractivity contribution in [3.63, 3.8) is 0 Å². The third kappa shape index (κ3) is 24.4. The molecule has 0 fully saturated rings. The van der Waals surface area contributed by atoms with Gasteiger partial charge in [-0.25, -0.2) is 18.6 Å². The highest BCUT2D eigenvalue weighted by molar-refractivity contribution is 6.99. The molecule has 0 aliphatic heterocycles. The van der Waals surface area contributed by atoms with Crippen molar-refractivity contribution in [2.24, 2.45) is 7.05 Å². The molecule has 8 heterocycles. The number of aryl methyl sites for hydroxylation is 3. The monoisotopic (exact) mass is 1340 g/mol. The lowest BCUT2D eigenvalue weighted by Crippen LogP contribution is -2.58. The summed E-state index contributed by atoms with van der Waals surface area (Å²) in [5.74, 6) is 0.970. The average Bonchev–Trinajstić information content (AvgIpc) is 1.80. The summed E-state index contributed by atoms with van der Waals surface area (Å²) in [6.07, 6.45) is 18.9. The predicted molar refractivity (Wildman–Crippen MR) is 393 cm³/mol. The summed E-state index contributed by atoms with van der Waals surface area (Å²) in [5.41, 5.74) is 9.26. The molecule has 0 spiro atoms. The number of fused-ring (bicyclic) bond motifs is 3. The summed E-state index contributed by atoms with van der Waals surface area (Å²) in [5, 5.41) is 13.1. The second kappa shape index (κ2) is 33.5. The first-order valence-corrected chi connectivity index (χ1v) is 34.5. The summed E-state index contributed by atoms with van der Waals surface area (Å²) in [7, 11) is 2.14. The summed E-state index contributed by atoms with van der Waals surface area (Å²) < 4.78 is 25.5. The topological polar surface area (TPSA) is 114 Å². The molecule has 97 heavy (non-hydrogen) atoms. The number of rotatable bonds is 1. The van der Waals surface area contributed by atoms with Crippen molar-refractivity contribution in [1.29, 1.82) is 0 Å². The molecule has 8 aromatic heterocycles. The summed E-state index contributed by atoms with van der Waals surface area (Å²) in [6.45, 7) is 56.0. The van der Waals surface area contributed by atoms with Gasteiger partial charge in [-0.3, -0.25) is 0 Å². The van der Waals surface area contributed by atoms with Crippen LogP contribution in [0.3, 0.4) is 0 Å². The number of tetrazole rings is 1. The lowest BCUT2D eigenvalue weighted by molar-refractivity contribution is -0.911. The van der Waals surface area contributed by atoms with Crippen LogP contribution in [0.15, 0.2) is 228 Å². The number of para-hydroxylation sites is 5. The van der Waals surface area contributed by atoms with E-state index >= 15 is 0 Å². The Hall–Kier alpha value is -8.76. The summed E-state index contributed by atoms with van der Waals surface area (Å²) in [6, 6.07) is 51.8. The van der Waals surface area contributed by atoms with Crippen molar-refractivity contribution in [3.05, 3.63) is 236 Å². The maximum Gasteiger partial charge on any atom is 0.297 e. The Kier molecular flexibility index (Phi) is 27.2. The third-order valence-corrected chi connectivity index (χ3v) is 16.1. The van der Waals surface area contributed by atoms with Crippen LogP contribution < -0.4 is 36.5 Å². The van der Waals surface area contributed by atoms with E-state index in [9.17, 15) is 0 Å². The van der Waals surface area contributed by atoms with Crippen LogP contribution in [0.2, 0.25) is 0 Å². The van der Waals surface area contributed by atoms with Crippen LogP contribution in [0.5, 0.6) is 0 Å². The zero-order valence-electron chi connectivity index (χ0n) is 63.8. The first kappa shape index (κ1) is 78.9. The maximum absolute atomic E-state index is 5.50. The Bertz CT molecular complexity index is 4130. The zero-order valence-corrected chi connectivity index (χ0v) is 64.6. The highest BCUT2D eigenvalue weighted by Gasteiger charge is 2.31. The lowest BCUT2D eigenvalue weighted by atomic mass is 9.90. The van der Waals surface area contributed by atoms with Gasteiger partial charge in [0.2, 0.25) is 39.5 Å². The first-order chi connectivity index (χ1) is 45.0. The van der Waals surface area contributed by atoms with E-state index in [4.69, 9.17) is 9.05 Å². The minimum Gasteiger partial charge on any atom is -0.244 e. The van der Waals surface area contributed by atoms with Crippen LogP contribution >= 0.6 is 11.5 Å². The first-order valence-electron chi connectivity index (χ1n) is 33.7. The molecule has 516 valence electrons. The molecular formula is C81H117N13O2S+8. The molecule has 0 bridgehead atoms. The molecule has 0 unspecified atom stereocenters. The molecule has 15 nitrogen and oxygen atoms in total. The number of pyridine rings is 2. The van der Waals surface area contributed by atoms with Gasteiger partial charge in [-0.1, -0.05) is 80.4 Å². The number of aromatic nitrogens is 13. The summed E-state index contributed by atoms with van der Waals surface area (Å²) in [4.78, 5) is 12.0. The Morgan fingerprint density at radius 1 is 0.464 bits per heavy atom. The van der Waals surface area contributed by atoms with E-state index in [0.717, 1.165) is 17.0 Å². The predicted octanol–water partition coefficient (Wildman–Crippen LogP) is 15.6. The number of hydrogen-bond donors (Lipinski definition) is 0. The van der Waals surface area contributed by atoms with Gasteiger partial charge in [0, 0.05) is 187 Å². The minimum absolute atomic E-state index is 0.0539. The maximum atomic E-state index is 5.50. The van der Waals surface area contributed by atoms with Crippen LogP contribution in [0.1, 0.15) is 183 Å². The number of benzene rings is 4. The molecule has 0 saturated heterocycles. The normalized spacial score (nSPS) is 11.9. The zero-order chi connectivity index (χ0) is 72.4. The van der Waals surface area contributed by atoms with Gasteiger partial charge >= 0.3 is 0 Å². The minimum atomic E-state index is -0.0770. The molecule has 0 aliphatic rings. The van der Waals surface area contributed by atoms with Crippen molar-refractivity contribution in [2.75, 3.05) is 0 Å². The molecule has 0 aliphatic carbocycles. The molecule has 16 heteroatoms. The third-order valence-electron chi connectivity index (χ3n) is 14.9. The van der Waals surface area contributed by atoms with E-state index in [-0.39, 0.29) is 44.2 Å². The highest BCUT2D eigenvalue weighted by atomic mass is 32.1. The van der Waals surface area contributed by atoms with Crippen molar-refractivity contribution < 1.29 is 45.5 Å². The summed E-state index contributed by atoms with van der Waals surface area (Å²) >= 11 is 1.75. The smallest absolute Gasteiger partial charge is 0.244 e. The quantitative estimate of drug-likeness (QED) is 0.151. The second-order valence-electron chi connectivity index (χ2n) is 32.0. The highest BCUT2D eigenvalue weighted by Crippen LogP contribution is 2.22.